The average Bonchev–Trinajstić information content (AvgIpc) is 3.28. The van der Waals surface area contributed by atoms with Crippen molar-refractivity contribution in [3.8, 4) is 22.3 Å². The molecular formula is C32H19BrO. The fraction of sp³-hybridized carbons (Fsp3) is 0. The normalized spacial score (nSPS) is 11.7. The van der Waals surface area contributed by atoms with E-state index in [1.165, 1.54) is 49.2 Å². The number of halogens is 1. The Balaban J connectivity index is 1.46. The number of furan rings is 1. The summed E-state index contributed by atoms with van der Waals surface area (Å²) in [5.41, 5.74) is 6.72. The summed E-state index contributed by atoms with van der Waals surface area (Å²) < 4.78 is 7.26. The first-order valence-electron chi connectivity index (χ1n) is 11.4. The van der Waals surface area contributed by atoms with Gasteiger partial charge in [-0.1, -0.05) is 103 Å². The summed E-state index contributed by atoms with van der Waals surface area (Å²) >= 11 is 3.86. The van der Waals surface area contributed by atoms with Crippen molar-refractivity contribution in [3.05, 3.63) is 120 Å². The Bertz CT molecular complexity index is 1800. The number of hydrogen-bond donors (Lipinski definition) is 0. The van der Waals surface area contributed by atoms with Crippen LogP contribution in [0.1, 0.15) is 0 Å². The zero-order valence-electron chi connectivity index (χ0n) is 18.3. The smallest absolute Gasteiger partial charge is 0.136 e. The molecule has 0 fully saturated rings. The Morgan fingerprint density at radius 3 is 1.65 bits per heavy atom. The van der Waals surface area contributed by atoms with E-state index in [1.54, 1.807) is 0 Å². The summed E-state index contributed by atoms with van der Waals surface area (Å²) in [6, 6.07) is 40.8. The molecule has 34 heavy (non-hydrogen) atoms. The molecule has 0 amide bonds. The SMILES string of the molecule is Brc1c2ccccc2c(-c2ccc(-c3cccc4oc5ccccc5c34)cc2)c2ccccc12. The van der Waals surface area contributed by atoms with E-state index in [-0.39, 0.29) is 0 Å². The van der Waals surface area contributed by atoms with Crippen LogP contribution < -0.4 is 0 Å². The highest BCUT2D eigenvalue weighted by molar-refractivity contribution is 9.10. The number of para-hydroxylation sites is 1. The highest BCUT2D eigenvalue weighted by Crippen LogP contribution is 2.42. The Labute approximate surface area is 205 Å². The first-order chi connectivity index (χ1) is 16.8. The van der Waals surface area contributed by atoms with E-state index in [0.29, 0.717) is 0 Å². The highest BCUT2D eigenvalue weighted by atomic mass is 79.9. The molecule has 0 N–H and O–H groups in total. The molecule has 1 heterocycles. The van der Waals surface area contributed by atoms with Gasteiger partial charge in [0.1, 0.15) is 11.2 Å². The van der Waals surface area contributed by atoms with Crippen LogP contribution in [0.2, 0.25) is 0 Å². The average molecular weight is 499 g/mol. The molecule has 7 aromatic rings. The van der Waals surface area contributed by atoms with Crippen molar-refractivity contribution in [3.63, 3.8) is 0 Å². The van der Waals surface area contributed by atoms with E-state index in [1.807, 2.05) is 18.2 Å². The minimum atomic E-state index is 0.924. The molecule has 0 unspecified atom stereocenters. The van der Waals surface area contributed by atoms with Gasteiger partial charge in [-0.2, -0.15) is 0 Å². The summed E-state index contributed by atoms with van der Waals surface area (Å²) in [4.78, 5) is 0. The van der Waals surface area contributed by atoms with Gasteiger partial charge in [0.15, 0.2) is 0 Å². The summed E-state index contributed by atoms with van der Waals surface area (Å²) in [5.74, 6) is 0. The number of rotatable bonds is 2. The lowest BCUT2D eigenvalue weighted by Gasteiger charge is -2.15. The molecule has 0 bridgehead atoms. The van der Waals surface area contributed by atoms with Crippen LogP contribution in [0.15, 0.2) is 124 Å². The predicted molar refractivity (Wildman–Crippen MR) is 147 cm³/mol. The molecule has 0 aliphatic rings. The largest absolute Gasteiger partial charge is 0.456 e. The maximum Gasteiger partial charge on any atom is 0.136 e. The molecule has 0 aliphatic heterocycles. The molecule has 0 saturated heterocycles. The van der Waals surface area contributed by atoms with Crippen LogP contribution in [-0.4, -0.2) is 0 Å². The first kappa shape index (κ1) is 19.6. The molecule has 0 aliphatic carbocycles. The zero-order chi connectivity index (χ0) is 22.6. The first-order valence-corrected chi connectivity index (χ1v) is 12.2. The van der Waals surface area contributed by atoms with E-state index >= 15 is 0 Å². The number of benzene rings is 6. The molecule has 0 atom stereocenters. The van der Waals surface area contributed by atoms with Gasteiger partial charge in [-0.25, -0.2) is 0 Å². The lowest BCUT2D eigenvalue weighted by molar-refractivity contribution is 0.669. The van der Waals surface area contributed by atoms with Gasteiger partial charge in [-0.05, 0) is 71.9 Å². The monoisotopic (exact) mass is 498 g/mol. The highest BCUT2D eigenvalue weighted by Gasteiger charge is 2.15. The third-order valence-corrected chi connectivity index (χ3v) is 7.61. The number of hydrogen-bond acceptors (Lipinski definition) is 1. The molecule has 1 aromatic heterocycles. The van der Waals surface area contributed by atoms with Crippen molar-refractivity contribution in [2.75, 3.05) is 0 Å². The van der Waals surface area contributed by atoms with Gasteiger partial charge < -0.3 is 4.42 Å². The second kappa shape index (κ2) is 7.58. The molecule has 2 heteroatoms. The van der Waals surface area contributed by atoms with Gasteiger partial charge >= 0.3 is 0 Å². The summed E-state index contributed by atoms with van der Waals surface area (Å²) in [7, 11) is 0. The predicted octanol–water partition coefficient (Wildman–Crippen LogP) is 9.99. The lowest BCUT2D eigenvalue weighted by Crippen LogP contribution is -1.88. The maximum absolute atomic E-state index is 6.11. The third kappa shape index (κ3) is 2.85. The van der Waals surface area contributed by atoms with Crippen LogP contribution in [0.3, 0.4) is 0 Å². The topological polar surface area (TPSA) is 13.1 Å². The van der Waals surface area contributed by atoms with Crippen LogP contribution in [0.4, 0.5) is 0 Å². The second-order valence-electron chi connectivity index (χ2n) is 8.63. The third-order valence-electron chi connectivity index (χ3n) is 6.75. The molecule has 7 rings (SSSR count). The molecule has 0 radical (unpaired) electrons. The Kier molecular flexibility index (Phi) is 4.36. The van der Waals surface area contributed by atoms with Gasteiger partial charge in [0, 0.05) is 15.2 Å². The molecule has 6 aromatic carbocycles. The van der Waals surface area contributed by atoms with E-state index in [4.69, 9.17) is 4.42 Å². The van der Waals surface area contributed by atoms with Crippen LogP contribution in [0, 0.1) is 0 Å². The van der Waals surface area contributed by atoms with Crippen molar-refractivity contribution in [2.45, 2.75) is 0 Å². The van der Waals surface area contributed by atoms with Gasteiger partial charge in [0.05, 0.1) is 0 Å². The van der Waals surface area contributed by atoms with Crippen LogP contribution >= 0.6 is 15.9 Å². The fourth-order valence-corrected chi connectivity index (χ4v) is 5.91. The van der Waals surface area contributed by atoms with Crippen molar-refractivity contribution >= 4 is 59.4 Å². The van der Waals surface area contributed by atoms with Crippen LogP contribution in [0.25, 0.3) is 65.7 Å². The van der Waals surface area contributed by atoms with Gasteiger partial charge in [0.25, 0.3) is 0 Å². The standard InChI is InChI=1S/C32H19BrO/c33-32-25-10-3-1-8-23(25)30(24-9-2-4-11-26(24)32)21-18-16-20(17-19-21)22-13-7-15-29-31(22)27-12-5-6-14-28(27)34-29/h1-19H. The van der Waals surface area contributed by atoms with Crippen LogP contribution in [0.5, 0.6) is 0 Å². The molecule has 160 valence electrons. The van der Waals surface area contributed by atoms with Crippen molar-refractivity contribution in [2.24, 2.45) is 0 Å². The minimum absolute atomic E-state index is 0.924. The summed E-state index contributed by atoms with van der Waals surface area (Å²) in [6.07, 6.45) is 0. The molecule has 1 nitrogen and oxygen atoms in total. The lowest BCUT2D eigenvalue weighted by atomic mass is 9.91. The summed E-state index contributed by atoms with van der Waals surface area (Å²) in [5, 5.41) is 7.30. The maximum atomic E-state index is 6.11. The van der Waals surface area contributed by atoms with Gasteiger partial charge in [-0.3, -0.25) is 0 Å². The second-order valence-corrected chi connectivity index (χ2v) is 9.43. The Morgan fingerprint density at radius 1 is 0.441 bits per heavy atom. The molecule has 0 spiro atoms. The molecular weight excluding hydrogens is 480 g/mol. The zero-order valence-corrected chi connectivity index (χ0v) is 19.8. The van der Waals surface area contributed by atoms with Gasteiger partial charge in [-0.15, -0.1) is 0 Å². The van der Waals surface area contributed by atoms with E-state index in [9.17, 15) is 0 Å². The quantitative estimate of drug-likeness (QED) is 0.216. The number of fused-ring (bicyclic) bond motifs is 5. The van der Waals surface area contributed by atoms with Crippen molar-refractivity contribution in [1.82, 2.24) is 0 Å². The van der Waals surface area contributed by atoms with E-state index in [0.717, 1.165) is 21.0 Å². The minimum Gasteiger partial charge on any atom is -0.456 e. The Hall–Kier alpha value is -3.88. The summed E-state index contributed by atoms with van der Waals surface area (Å²) in [6.45, 7) is 0. The fourth-order valence-electron chi connectivity index (χ4n) is 5.22. The molecule has 0 saturated carbocycles. The Morgan fingerprint density at radius 2 is 0.971 bits per heavy atom. The van der Waals surface area contributed by atoms with Gasteiger partial charge in [0.2, 0.25) is 0 Å². The van der Waals surface area contributed by atoms with Crippen molar-refractivity contribution in [1.29, 1.82) is 0 Å². The van der Waals surface area contributed by atoms with Crippen LogP contribution in [-0.2, 0) is 0 Å². The van der Waals surface area contributed by atoms with Crippen molar-refractivity contribution < 1.29 is 4.42 Å². The van der Waals surface area contributed by atoms with E-state index < -0.39 is 0 Å². The van der Waals surface area contributed by atoms with E-state index in [2.05, 4.69) is 113 Å².